The van der Waals surface area contributed by atoms with Crippen LogP contribution >= 0.6 is 11.8 Å². The molecule has 1 aromatic carbocycles. The summed E-state index contributed by atoms with van der Waals surface area (Å²) in [7, 11) is 1.35. The molecular formula is C12H13FO2S. The number of carbonyl (C=O) groups excluding carboxylic acids is 1. The predicted molar refractivity (Wildman–Crippen MR) is 61.5 cm³/mol. The van der Waals surface area contributed by atoms with E-state index in [1.54, 1.807) is 12.1 Å². The molecule has 1 atom stereocenters. The number of rotatable bonds is 1. The van der Waals surface area contributed by atoms with Crippen molar-refractivity contribution in [3.63, 3.8) is 0 Å². The summed E-state index contributed by atoms with van der Waals surface area (Å²) in [6.45, 7) is 0. The number of aryl methyl sites for hydroxylation is 1. The molecule has 0 aliphatic carbocycles. The lowest BCUT2D eigenvalue weighted by atomic mass is 10.1. The zero-order chi connectivity index (χ0) is 11.5. The number of thioether (sulfide) groups is 1. The second kappa shape index (κ2) is 4.87. The Morgan fingerprint density at radius 1 is 1.56 bits per heavy atom. The van der Waals surface area contributed by atoms with Gasteiger partial charge >= 0.3 is 5.97 Å². The van der Waals surface area contributed by atoms with E-state index >= 15 is 0 Å². The Morgan fingerprint density at radius 3 is 3.12 bits per heavy atom. The lowest BCUT2D eigenvalue weighted by Gasteiger charge is -2.07. The van der Waals surface area contributed by atoms with Gasteiger partial charge in [0.2, 0.25) is 0 Å². The maximum Gasteiger partial charge on any atom is 0.337 e. The Labute approximate surface area is 98.2 Å². The molecule has 0 saturated heterocycles. The van der Waals surface area contributed by atoms with Gasteiger partial charge in [-0.2, -0.15) is 0 Å². The molecule has 0 radical (unpaired) electrons. The topological polar surface area (TPSA) is 26.3 Å². The minimum Gasteiger partial charge on any atom is -0.465 e. The summed E-state index contributed by atoms with van der Waals surface area (Å²) in [5.74, 6) is -0.372. The first-order chi connectivity index (χ1) is 7.70. The van der Waals surface area contributed by atoms with E-state index < -0.39 is 5.50 Å². The van der Waals surface area contributed by atoms with Crippen LogP contribution in [0.3, 0.4) is 0 Å². The van der Waals surface area contributed by atoms with E-state index in [0.717, 1.165) is 23.3 Å². The quantitative estimate of drug-likeness (QED) is 0.705. The van der Waals surface area contributed by atoms with Crippen LogP contribution in [0.25, 0.3) is 0 Å². The number of hydrogen-bond acceptors (Lipinski definition) is 3. The summed E-state index contributed by atoms with van der Waals surface area (Å²) in [6.07, 6.45) is 2.32. The molecule has 1 aliphatic rings. The van der Waals surface area contributed by atoms with E-state index in [-0.39, 0.29) is 5.97 Å². The highest BCUT2D eigenvalue weighted by Crippen LogP contribution is 2.35. The van der Waals surface area contributed by atoms with Crippen LogP contribution in [0.2, 0.25) is 0 Å². The van der Waals surface area contributed by atoms with Crippen molar-refractivity contribution in [3.05, 3.63) is 29.3 Å². The first kappa shape index (κ1) is 11.5. The highest BCUT2D eigenvalue weighted by molar-refractivity contribution is 7.99. The summed E-state index contributed by atoms with van der Waals surface area (Å²) in [6, 6.07) is 5.36. The SMILES string of the molecule is COC(=O)c1ccc2c(c1)SC(F)CCC2. The molecule has 1 unspecified atom stereocenters. The monoisotopic (exact) mass is 240 g/mol. The third-order valence-electron chi connectivity index (χ3n) is 2.62. The summed E-state index contributed by atoms with van der Waals surface area (Å²) < 4.78 is 18.0. The molecule has 0 N–H and O–H groups in total. The Hall–Kier alpha value is -1.03. The van der Waals surface area contributed by atoms with Crippen LogP contribution in [0.1, 0.15) is 28.8 Å². The molecule has 0 amide bonds. The Bertz CT molecular complexity index is 406. The highest BCUT2D eigenvalue weighted by atomic mass is 32.2. The number of halogens is 1. The molecule has 16 heavy (non-hydrogen) atoms. The second-order valence-electron chi connectivity index (χ2n) is 3.73. The van der Waals surface area contributed by atoms with Crippen LogP contribution in [0.4, 0.5) is 4.39 Å². The van der Waals surface area contributed by atoms with Gasteiger partial charge in [0.15, 0.2) is 0 Å². The Morgan fingerprint density at radius 2 is 2.38 bits per heavy atom. The average molecular weight is 240 g/mol. The van der Waals surface area contributed by atoms with E-state index in [1.165, 1.54) is 18.9 Å². The van der Waals surface area contributed by atoms with E-state index in [1.807, 2.05) is 6.07 Å². The zero-order valence-electron chi connectivity index (χ0n) is 9.03. The largest absolute Gasteiger partial charge is 0.465 e. The molecule has 0 bridgehead atoms. The molecule has 4 heteroatoms. The van der Waals surface area contributed by atoms with Gasteiger partial charge in [-0.05, 0) is 37.0 Å². The fourth-order valence-corrected chi connectivity index (χ4v) is 2.84. The number of fused-ring (bicyclic) bond motifs is 1. The molecule has 0 aromatic heterocycles. The molecule has 2 nitrogen and oxygen atoms in total. The summed E-state index contributed by atoms with van der Waals surface area (Å²) >= 11 is 1.20. The van der Waals surface area contributed by atoms with Crippen molar-refractivity contribution in [2.75, 3.05) is 7.11 Å². The first-order valence-corrected chi connectivity index (χ1v) is 6.10. The van der Waals surface area contributed by atoms with E-state index in [2.05, 4.69) is 4.74 Å². The molecule has 1 aliphatic heterocycles. The second-order valence-corrected chi connectivity index (χ2v) is 4.92. The van der Waals surface area contributed by atoms with Crippen molar-refractivity contribution in [2.45, 2.75) is 29.7 Å². The molecule has 0 fully saturated rings. The lowest BCUT2D eigenvalue weighted by Crippen LogP contribution is -2.02. The van der Waals surface area contributed by atoms with E-state index in [9.17, 15) is 9.18 Å². The Balaban J connectivity index is 2.33. The average Bonchev–Trinajstić information content (AvgIpc) is 2.47. The van der Waals surface area contributed by atoms with Gasteiger partial charge in [0.05, 0.1) is 12.7 Å². The fraction of sp³-hybridized carbons (Fsp3) is 0.417. The van der Waals surface area contributed by atoms with Crippen LogP contribution in [-0.4, -0.2) is 18.6 Å². The summed E-state index contributed by atoms with van der Waals surface area (Å²) in [5.41, 5.74) is 0.745. The molecule has 2 rings (SSSR count). The van der Waals surface area contributed by atoms with Crippen LogP contribution in [0.5, 0.6) is 0 Å². The third kappa shape index (κ3) is 2.38. The van der Waals surface area contributed by atoms with Gasteiger partial charge in [-0.1, -0.05) is 17.8 Å². The van der Waals surface area contributed by atoms with Gasteiger partial charge < -0.3 is 4.74 Å². The van der Waals surface area contributed by atoms with Crippen molar-refractivity contribution < 1.29 is 13.9 Å². The number of alkyl halides is 1. The smallest absolute Gasteiger partial charge is 0.337 e. The van der Waals surface area contributed by atoms with E-state index in [4.69, 9.17) is 0 Å². The number of hydrogen-bond donors (Lipinski definition) is 0. The first-order valence-electron chi connectivity index (χ1n) is 5.22. The third-order valence-corrected chi connectivity index (χ3v) is 3.75. The van der Waals surface area contributed by atoms with Crippen molar-refractivity contribution in [3.8, 4) is 0 Å². The maximum atomic E-state index is 13.4. The number of esters is 1. The van der Waals surface area contributed by atoms with E-state index in [0.29, 0.717) is 12.0 Å². The van der Waals surface area contributed by atoms with Crippen molar-refractivity contribution in [1.82, 2.24) is 0 Å². The van der Waals surface area contributed by atoms with Gasteiger partial charge in [-0.25, -0.2) is 9.18 Å². The number of benzene rings is 1. The highest BCUT2D eigenvalue weighted by Gasteiger charge is 2.18. The van der Waals surface area contributed by atoms with Crippen LogP contribution in [0, 0.1) is 0 Å². The van der Waals surface area contributed by atoms with Crippen molar-refractivity contribution >= 4 is 17.7 Å². The molecule has 86 valence electrons. The number of carbonyl (C=O) groups is 1. The fourth-order valence-electron chi connectivity index (χ4n) is 1.77. The van der Waals surface area contributed by atoms with Gasteiger partial charge in [-0.3, -0.25) is 0 Å². The standard InChI is InChI=1S/C12H13FO2S/c1-15-12(14)9-6-5-8-3-2-4-11(13)16-10(8)7-9/h5-7,11H,2-4H2,1H3. The number of ether oxygens (including phenoxy) is 1. The van der Waals surface area contributed by atoms with Crippen molar-refractivity contribution in [2.24, 2.45) is 0 Å². The normalized spacial score (nSPS) is 19.8. The Kier molecular flexibility index (Phi) is 3.49. The summed E-state index contributed by atoms with van der Waals surface area (Å²) in [4.78, 5) is 12.2. The van der Waals surface area contributed by atoms with Crippen LogP contribution in [-0.2, 0) is 11.2 Å². The number of methoxy groups -OCH3 is 1. The molecule has 1 aromatic rings. The van der Waals surface area contributed by atoms with Gasteiger partial charge in [0.1, 0.15) is 5.50 Å². The zero-order valence-corrected chi connectivity index (χ0v) is 9.85. The van der Waals surface area contributed by atoms with Crippen molar-refractivity contribution in [1.29, 1.82) is 0 Å². The minimum atomic E-state index is -0.867. The summed E-state index contributed by atoms with van der Waals surface area (Å²) in [5, 5.41) is 0. The molecular weight excluding hydrogens is 227 g/mol. The van der Waals surface area contributed by atoms with Gasteiger partial charge in [0.25, 0.3) is 0 Å². The van der Waals surface area contributed by atoms with Crippen LogP contribution in [0.15, 0.2) is 23.1 Å². The van der Waals surface area contributed by atoms with Gasteiger partial charge in [-0.15, -0.1) is 0 Å². The minimum absolute atomic E-state index is 0.372. The van der Waals surface area contributed by atoms with Gasteiger partial charge in [0, 0.05) is 4.90 Å². The predicted octanol–water partition coefficient (Wildman–Crippen LogP) is 3.20. The molecule has 0 spiro atoms. The molecule has 1 heterocycles. The maximum absolute atomic E-state index is 13.4. The molecule has 0 saturated carbocycles. The van der Waals surface area contributed by atoms with Crippen LogP contribution < -0.4 is 0 Å². The lowest BCUT2D eigenvalue weighted by molar-refractivity contribution is 0.0600.